The average molecular weight is 458 g/mol. The molecule has 0 amide bonds. The number of nitrogens with two attached hydrogens (primary N) is 1. The molecule has 0 spiro atoms. The predicted molar refractivity (Wildman–Crippen MR) is 118 cm³/mol. The lowest BCUT2D eigenvalue weighted by atomic mass is 9.87. The van der Waals surface area contributed by atoms with Crippen LogP contribution < -0.4 is 11.1 Å². The molecule has 0 fully saturated rings. The molecular weight excluding hydrogens is 434 g/mol. The van der Waals surface area contributed by atoms with Gasteiger partial charge >= 0.3 is 5.97 Å². The highest BCUT2D eigenvalue weighted by atomic mass is 32.2. The molecule has 0 saturated carbocycles. The van der Waals surface area contributed by atoms with Crippen molar-refractivity contribution in [3.05, 3.63) is 92.3 Å². The van der Waals surface area contributed by atoms with E-state index in [0.29, 0.717) is 5.70 Å². The second-order valence-corrected chi connectivity index (χ2v) is 9.42. The van der Waals surface area contributed by atoms with Crippen LogP contribution in [-0.4, -0.2) is 25.4 Å². The number of dihydropyridines is 1. The molecule has 1 heterocycles. The van der Waals surface area contributed by atoms with Gasteiger partial charge in [0, 0.05) is 17.8 Å². The molecule has 2 aromatic rings. The maximum absolute atomic E-state index is 13.6. The number of carbonyl (C=O) groups is 1. The number of ether oxygens (including phenoxy) is 1. The zero-order chi connectivity index (χ0) is 23.6. The van der Waals surface area contributed by atoms with Crippen molar-refractivity contribution in [3.63, 3.8) is 0 Å². The maximum atomic E-state index is 13.6. The summed E-state index contributed by atoms with van der Waals surface area (Å²) in [5, 5.41) is 14.1. The number of carbonyl (C=O) groups excluding carboxylic acids is 1. The Bertz CT molecular complexity index is 1230. The number of nitrogens with zero attached hydrogens (tertiary/aromatic N) is 1. The van der Waals surface area contributed by atoms with E-state index in [-0.39, 0.29) is 32.4 Å². The van der Waals surface area contributed by atoms with Crippen LogP contribution in [0, 0.1) is 10.1 Å². The number of rotatable bonds is 6. The summed E-state index contributed by atoms with van der Waals surface area (Å²) in [6, 6.07) is 13.1. The summed E-state index contributed by atoms with van der Waals surface area (Å²) in [6.45, 7) is 4.90. The Balaban J connectivity index is 2.29. The van der Waals surface area contributed by atoms with E-state index < -0.39 is 32.8 Å². The van der Waals surface area contributed by atoms with E-state index in [2.05, 4.69) is 5.32 Å². The number of hydrogen-bond acceptors (Lipinski definition) is 8. The molecule has 0 saturated heterocycles. The van der Waals surface area contributed by atoms with E-state index in [9.17, 15) is 23.3 Å². The van der Waals surface area contributed by atoms with Crippen molar-refractivity contribution in [1.29, 1.82) is 0 Å². The van der Waals surface area contributed by atoms with Gasteiger partial charge in [0.05, 0.1) is 27.4 Å². The molecule has 2 aromatic carbocycles. The Kier molecular flexibility index (Phi) is 6.35. The minimum Gasteiger partial charge on any atom is -0.460 e. The quantitative estimate of drug-likeness (QED) is 0.383. The Morgan fingerprint density at radius 2 is 1.81 bits per heavy atom. The molecule has 9 nitrogen and oxygen atoms in total. The van der Waals surface area contributed by atoms with Gasteiger partial charge in [0.15, 0.2) is 0 Å². The molecule has 32 heavy (non-hydrogen) atoms. The third-order valence-corrected chi connectivity index (χ3v) is 6.79. The van der Waals surface area contributed by atoms with Crippen LogP contribution in [0.5, 0.6) is 0 Å². The number of hydrogen-bond donors (Lipinski definition) is 2. The molecule has 0 aliphatic carbocycles. The van der Waals surface area contributed by atoms with Crippen LogP contribution in [0.1, 0.15) is 32.3 Å². The lowest BCUT2D eigenvalue weighted by Gasteiger charge is -2.31. The van der Waals surface area contributed by atoms with Crippen LogP contribution in [0.4, 0.5) is 5.69 Å². The summed E-state index contributed by atoms with van der Waals surface area (Å²) in [7, 11) is -4.18. The minimum absolute atomic E-state index is 0.0166. The van der Waals surface area contributed by atoms with Gasteiger partial charge in [0.2, 0.25) is 9.84 Å². The van der Waals surface area contributed by atoms with Gasteiger partial charge < -0.3 is 15.8 Å². The third kappa shape index (κ3) is 4.35. The van der Waals surface area contributed by atoms with E-state index in [1.165, 1.54) is 36.4 Å². The molecule has 3 rings (SSSR count). The maximum Gasteiger partial charge on any atom is 0.337 e. The van der Waals surface area contributed by atoms with Gasteiger partial charge in [0.25, 0.3) is 5.69 Å². The Morgan fingerprint density at radius 1 is 1.16 bits per heavy atom. The zero-order valence-corrected chi connectivity index (χ0v) is 18.5. The van der Waals surface area contributed by atoms with Crippen molar-refractivity contribution in [2.24, 2.45) is 5.73 Å². The molecule has 3 N–H and O–H groups in total. The van der Waals surface area contributed by atoms with Crippen molar-refractivity contribution in [3.8, 4) is 0 Å². The molecule has 168 valence electrons. The summed E-state index contributed by atoms with van der Waals surface area (Å²) in [6.07, 6.45) is -0.467. The zero-order valence-electron chi connectivity index (χ0n) is 17.7. The van der Waals surface area contributed by atoms with E-state index in [1.54, 1.807) is 39.0 Å². The van der Waals surface area contributed by atoms with Gasteiger partial charge in [-0.15, -0.1) is 0 Å². The first-order chi connectivity index (χ1) is 15.0. The molecule has 1 aliphatic rings. The van der Waals surface area contributed by atoms with Gasteiger partial charge in [-0.3, -0.25) is 10.1 Å². The highest BCUT2D eigenvalue weighted by Gasteiger charge is 2.41. The van der Waals surface area contributed by atoms with E-state index >= 15 is 0 Å². The fourth-order valence-corrected chi connectivity index (χ4v) is 5.22. The summed E-state index contributed by atoms with van der Waals surface area (Å²) in [4.78, 5) is 23.5. The van der Waals surface area contributed by atoms with E-state index in [1.807, 2.05) is 0 Å². The van der Waals surface area contributed by atoms with Crippen molar-refractivity contribution in [1.82, 2.24) is 5.32 Å². The van der Waals surface area contributed by atoms with Crippen LogP contribution in [0.3, 0.4) is 0 Å². The molecule has 10 heteroatoms. The highest BCUT2D eigenvalue weighted by Crippen LogP contribution is 2.43. The van der Waals surface area contributed by atoms with Crippen LogP contribution >= 0.6 is 0 Å². The number of sulfone groups is 1. The van der Waals surface area contributed by atoms with Crippen molar-refractivity contribution in [2.45, 2.75) is 37.7 Å². The number of nitro groups is 1. The van der Waals surface area contributed by atoms with Crippen LogP contribution in [0.25, 0.3) is 0 Å². The molecule has 0 radical (unpaired) electrons. The summed E-state index contributed by atoms with van der Waals surface area (Å²) < 4.78 is 32.6. The van der Waals surface area contributed by atoms with Crippen LogP contribution in [0.15, 0.2) is 81.5 Å². The normalized spacial score (nSPS) is 16.7. The molecule has 0 bridgehead atoms. The molecule has 1 atom stereocenters. The first-order valence-electron chi connectivity index (χ1n) is 9.77. The number of allylic oxidation sites excluding steroid dienone is 2. The molecular formula is C22H23N3O6S. The highest BCUT2D eigenvalue weighted by molar-refractivity contribution is 7.95. The van der Waals surface area contributed by atoms with Gasteiger partial charge in [0.1, 0.15) is 10.7 Å². The van der Waals surface area contributed by atoms with Gasteiger partial charge in [-0.25, -0.2) is 13.2 Å². The van der Waals surface area contributed by atoms with Crippen LogP contribution in [0.2, 0.25) is 0 Å². The summed E-state index contributed by atoms with van der Waals surface area (Å²) in [5.41, 5.74) is 6.46. The second-order valence-electron chi connectivity index (χ2n) is 7.50. The smallest absolute Gasteiger partial charge is 0.337 e. The average Bonchev–Trinajstić information content (AvgIpc) is 2.73. The molecule has 1 aliphatic heterocycles. The molecule has 0 aromatic heterocycles. The number of esters is 1. The van der Waals surface area contributed by atoms with Gasteiger partial charge in [-0.2, -0.15) is 0 Å². The number of nitrogens with one attached hydrogen (secondary N) is 1. The van der Waals surface area contributed by atoms with Gasteiger partial charge in [-0.1, -0.05) is 30.3 Å². The SMILES string of the molecule is CC1=C(C(=O)OC(C)C)C(c2cccc([N+](=O)[O-])c2)C(S(=O)(=O)c2ccccc2)=C(N)N1. The summed E-state index contributed by atoms with van der Waals surface area (Å²) in [5.74, 6) is -2.11. The topological polar surface area (TPSA) is 142 Å². The minimum atomic E-state index is -4.18. The Labute approximate surface area is 185 Å². The number of non-ortho nitro benzene ring substituents is 1. The molecule has 1 unspecified atom stereocenters. The van der Waals surface area contributed by atoms with Crippen molar-refractivity contribution in [2.75, 3.05) is 0 Å². The largest absolute Gasteiger partial charge is 0.460 e. The van der Waals surface area contributed by atoms with Crippen LogP contribution in [-0.2, 0) is 19.4 Å². The third-order valence-electron chi connectivity index (χ3n) is 4.86. The summed E-state index contributed by atoms with van der Waals surface area (Å²) >= 11 is 0. The standard InChI is InChI=1S/C22H23N3O6S/c1-13(2)31-22(26)18-14(3)24-21(23)20(32(29,30)17-10-5-4-6-11-17)19(18)15-8-7-9-16(12-15)25(27)28/h4-13,19,24H,23H2,1-3H3. The first kappa shape index (κ1) is 23.0. The van der Waals surface area contributed by atoms with E-state index in [4.69, 9.17) is 10.5 Å². The lowest BCUT2D eigenvalue weighted by Crippen LogP contribution is -2.36. The monoisotopic (exact) mass is 457 g/mol. The predicted octanol–water partition coefficient (Wildman–Crippen LogP) is 3.11. The fourth-order valence-electron chi connectivity index (χ4n) is 3.55. The Morgan fingerprint density at radius 3 is 2.41 bits per heavy atom. The fraction of sp³-hybridized carbons (Fsp3) is 0.227. The van der Waals surface area contributed by atoms with Crippen molar-refractivity contribution >= 4 is 21.5 Å². The number of nitro benzene ring substituents is 1. The van der Waals surface area contributed by atoms with Gasteiger partial charge in [-0.05, 0) is 38.5 Å². The number of benzene rings is 2. The lowest BCUT2D eigenvalue weighted by molar-refractivity contribution is -0.384. The van der Waals surface area contributed by atoms with Crippen molar-refractivity contribution < 1.29 is 22.9 Å². The van der Waals surface area contributed by atoms with E-state index in [0.717, 1.165) is 0 Å². The second kappa shape index (κ2) is 8.83. The Hall–Kier alpha value is -3.66. The first-order valence-corrected chi connectivity index (χ1v) is 11.2.